The van der Waals surface area contributed by atoms with Crippen molar-refractivity contribution < 1.29 is 14.4 Å². The van der Waals surface area contributed by atoms with Crippen LogP contribution in [0.25, 0.3) is 0 Å². The summed E-state index contributed by atoms with van der Waals surface area (Å²) in [6.45, 7) is 3.14. The number of likely N-dealkylation sites (tertiary alicyclic amines) is 1. The molecule has 1 aromatic heterocycles. The van der Waals surface area contributed by atoms with Crippen LogP contribution >= 0.6 is 0 Å². The number of amides is 3. The molecule has 1 saturated heterocycles. The highest BCUT2D eigenvalue weighted by Gasteiger charge is 2.25. The molecule has 0 aromatic carbocycles. The topological polar surface area (TPSA) is 104 Å². The molecule has 2 heterocycles. The van der Waals surface area contributed by atoms with Crippen molar-refractivity contribution in [2.24, 2.45) is 5.92 Å². The summed E-state index contributed by atoms with van der Waals surface area (Å²) < 4.78 is 0. The van der Waals surface area contributed by atoms with Gasteiger partial charge in [0.15, 0.2) is 11.5 Å². The fourth-order valence-corrected chi connectivity index (χ4v) is 4.01. The van der Waals surface area contributed by atoms with E-state index in [2.05, 4.69) is 20.6 Å². The molecule has 1 aliphatic heterocycles. The molecule has 1 aliphatic carbocycles. The molecule has 0 spiro atoms. The third kappa shape index (κ3) is 5.27. The van der Waals surface area contributed by atoms with Crippen molar-refractivity contribution >= 4 is 23.5 Å². The summed E-state index contributed by atoms with van der Waals surface area (Å²) in [5, 5.41) is 5.73. The van der Waals surface area contributed by atoms with E-state index in [1.54, 1.807) is 0 Å². The zero-order chi connectivity index (χ0) is 19.9. The molecule has 2 N–H and O–H groups in total. The van der Waals surface area contributed by atoms with Crippen molar-refractivity contribution in [2.75, 3.05) is 18.4 Å². The van der Waals surface area contributed by atoms with Crippen molar-refractivity contribution in [3.8, 4) is 0 Å². The van der Waals surface area contributed by atoms with Gasteiger partial charge in [0.25, 0.3) is 5.91 Å². The van der Waals surface area contributed by atoms with Crippen molar-refractivity contribution in [2.45, 2.75) is 64.3 Å². The largest absolute Gasteiger partial charge is 0.348 e. The maximum atomic E-state index is 12.7. The molecule has 0 atom stereocenters. The van der Waals surface area contributed by atoms with Gasteiger partial charge in [-0.1, -0.05) is 19.8 Å². The van der Waals surface area contributed by atoms with E-state index in [9.17, 15) is 14.4 Å². The van der Waals surface area contributed by atoms with Gasteiger partial charge in [0.2, 0.25) is 11.8 Å². The Morgan fingerprint density at radius 2 is 1.75 bits per heavy atom. The molecular weight excluding hydrogens is 358 g/mol. The molecule has 1 saturated carbocycles. The Kier molecular flexibility index (Phi) is 6.95. The Hall–Kier alpha value is -2.51. The van der Waals surface area contributed by atoms with Crippen molar-refractivity contribution in [3.63, 3.8) is 0 Å². The van der Waals surface area contributed by atoms with Gasteiger partial charge in [0.1, 0.15) is 0 Å². The van der Waals surface area contributed by atoms with E-state index in [0.29, 0.717) is 44.7 Å². The van der Waals surface area contributed by atoms with E-state index in [1.807, 2.05) is 11.8 Å². The lowest BCUT2D eigenvalue weighted by Gasteiger charge is -2.32. The van der Waals surface area contributed by atoms with Gasteiger partial charge >= 0.3 is 0 Å². The maximum absolute atomic E-state index is 12.7. The smallest absolute Gasteiger partial charge is 0.273 e. The van der Waals surface area contributed by atoms with Gasteiger partial charge < -0.3 is 15.5 Å². The number of carbonyl (C=O) groups is 3. The molecule has 0 unspecified atom stereocenters. The minimum absolute atomic E-state index is 0.0162. The molecule has 2 fully saturated rings. The zero-order valence-corrected chi connectivity index (χ0v) is 16.4. The summed E-state index contributed by atoms with van der Waals surface area (Å²) in [6, 6.07) is -0.0162. The molecule has 3 amide bonds. The van der Waals surface area contributed by atoms with Crippen LogP contribution in [0.2, 0.25) is 0 Å². The monoisotopic (exact) mass is 387 g/mol. The third-order valence-electron chi connectivity index (χ3n) is 5.61. The van der Waals surface area contributed by atoms with E-state index in [4.69, 9.17) is 0 Å². The Labute approximate surface area is 165 Å². The average Bonchev–Trinajstić information content (AvgIpc) is 3.21. The van der Waals surface area contributed by atoms with Crippen LogP contribution in [0.3, 0.4) is 0 Å². The maximum Gasteiger partial charge on any atom is 0.273 e. The van der Waals surface area contributed by atoms with Crippen LogP contribution in [0, 0.1) is 5.92 Å². The van der Waals surface area contributed by atoms with Crippen LogP contribution in [-0.4, -0.2) is 51.7 Å². The van der Waals surface area contributed by atoms with Gasteiger partial charge in [-0.25, -0.2) is 9.97 Å². The summed E-state index contributed by atoms with van der Waals surface area (Å²) >= 11 is 0. The van der Waals surface area contributed by atoms with Crippen molar-refractivity contribution in [1.82, 2.24) is 20.2 Å². The average molecular weight is 387 g/mol. The lowest BCUT2D eigenvalue weighted by Crippen LogP contribution is -2.46. The third-order valence-corrected chi connectivity index (χ3v) is 5.61. The predicted octanol–water partition coefficient (Wildman–Crippen LogP) is 2.13. The zero-order valence-electron chi connectivity index (χ0n) is 16.4. The van der Waals surface area contributed by atoms with Gasteiger partial charge in [-0.2, -0.15) is 0 Å². The molecule has 152 valence electrons. The summed E-state index contributed by atoms with van der Waals surface area (Å²) in [5.74, 6) is 0.315. The van der Waals surface area contributed by atoms with Gasteiger partial charge in [0.05, 0.1) is 0 Å². The van der Waals surface area contributed by atoms with Crippen molar-refractivity contribution in [1.29, 1.82) is 0 Å². The lowest BCUT2D eigenvalue weighted by molar-refractivity contribution is -0.131. The highest BCUT2D eigenvalue weighted by Crippen LogP contribution is 2.27. The number of anilines is 1. The number of nitrogens with one attached hydrogen (secondary N) is 2. The molecule has 8 nitrogen and oxygen atoms in total. The van der Waals surface area contributed by atoms with E-state index in [1.165, 1.54) is 25.2 Å². The van der Waals surface area contributed by atoms with E-state index >= 15 is 0 Å². The molecule has 8 heteroatoms. The second-order valence-corrected chi connectivity index (χ2v) is 7.64. The number of nitrogens with zero attached hydrogens (tertiary/aromatic N) is 3. The number of rotatable bonds is 6. The van der Waals surface area contributed by atoms with Crippen LogP contribution in [0.15, 0.2) is 12.4 Å². The standard InChI is InChI=1S/C20H29N5O3/c1-2-17(27)25-11-7-15(8-12-25)23-20(28)18-19(22-10-9-21-18)24-16(26)13-14-5-3-4-6-14/h9-10,14-15H,2-8,11-13H2,1H3,(H,23,28)(H,22,24,26). The van der Waals surface area contributed by atoms with Gasteiger partial charge in [0, 0.05) is 44.4 Å². The normalized spacial score (nSPS) is 18.1. The van der Waals surface area contributed by atoms with Gasteiger partial charge in [-0.3, -0.25) is 14.4 Å². The van der Waals surface area contributed by atoms with E-state index in [-0.39, 0.29) is 35.3 Å². The molecular formula is C20H29N5O3. The number of carbonyl (C=O) groups excluding carboxylic acids is 3. The molecule has 3 rings (SSSR count). The van der Waals surface area contributed by atoms with Crippen LogP contribution in [0.5, 0.6) is 0 Å². The fraction of sp³-hybridized carbons (Fsp3) is 0.650. The van der Waals surface area contributed by atoms with Crippen molar-refractivity contribution in [3.05, 3.63) is 18.1 Å². The second kappa shape index (κ2) is 9.61. The van der Waals surface area contributed by atoms with Gasteiger partial charge in [-0.15, -0.1) is 0 Å². The first kappa shape index (κ1) is 20.2. The molecule has 1 aromatic rings. The summed E-state index contributed by atoms with van der Waals surface area (Å²) in [4.78, 5) is 46.9. The fourth-order valence-electron chi connectivity index (χ4n) is 4.01. The summed E-state index contributed by atoms with van der Waals surface area (Å²) in [7, 11) is 0. The number of aromatic nitrogens is 2. The van der Waals surface area contributed by atoms with E-state index < -0.39 is 0 Å². The Morgan fingerprint density at radius 1 is 1.07 bits per heavy atom. The Bertz CT molecular complexity index is 710. The number of hydrogen-bond acceptors (Lipinski definition) is 5. The van der Waals surface area contributed by atoms with Crippen LogP contribution < -0.4 is 10.6 Å². The lowest BCUT2D eigenvalue weighted by atomic mass is 10.0. The SMILES string of the molecule is CCC(=O)N1CCC(NC(=O)c2nccnc2NC(=O)CC2CCCC2)CC1. The quantitative estimate of drug-likeness (QED) is 0.778. The summed E-state index contributed by atoms with van der Waals surface area (Å²) in [6.07, 6.45) is 9.82. The highest BCUT2D eigenvalue weighted by atomic mass is 16.2. The second-order valence-electron chi connectivity index (χ2n) is 7.64. The summed E-state index contributed by atoms with van der Waals surface area (Å²) in [5.41, 5.74) is 0.134. The minimum Gasteiger partial charge on any atom is -0.348 e. The first-order valence-electron chi connectivity index (χ1n) is 10.3. The predicted molar refractivity (Wildman–Crippen MR) is 105 cm³/mol. The van der Waals surface area contributed by atoms with Gasteiger partial charge in [-0.05, 0) is 31.6 Å². The number of piperidine rings is 1. The molecule has 28 heavy (non-hydrogen) atoms. The first-order chi connectivity index (χ1) is 13.6. The molecule has 0 bridgehead atoms. The molecule has 0 radical (unpaired) electrons. The van der Waals surface area contributed by atoms with Crippen LogP contribution in [0.4, 0.5) is 5.82 Å². The number of hydrogen-bond donors (Lipinski definition) is 2. The van der Waals surface area contributed by atoms with Crippen LogP contribution in [-0.2, 0) is 9.59 Å². The minimum atomic E-state index is -0.343. The Morgan fingerprint density at radius 3 is 2.43 bits per heavy atom. The first-order valence-corrected chi connectivity index (χ1v) is 10.3. The highest BCUT2D eigenvalue weighted by molar-refractivity contribution is 6.01. The van der Waals surface area contributed by atoms with Crippen LogP contribution in [0.1, 0.15) is 68.8 Å². The van der Waals surface area contributed by atoms with E-state index in [0.717, 1.165) is 12.8 Å². The molecule has 2 aliphatic rings. The Balaban J connectivity index is 1.55.